The van der Waals surface area contributed by atoms with Crippen LogP contribution in [-0.4, -0.2) is 81.8 Å². The van der Waals surface area contributed by atoms with E-state index in [0.717, 1.165) is 24.4 Å². The van der Waals surface area contributed by atoms with Gasteiger partial charge in [-0.25, -0.2) is 0 Å². The Hall–Kier alpha value is -4.08. The summed E-state index contributed by atoms with van der Waals surface area (Å²) in [5.74, 6) is 0.859. The third-order valence-electron chi connectivity index (χ3n) is 7.68. The lowest BCUT2D eigenvalue weighted by atomic mass is 9.79. The van der Waals surface area contributed by atoms with E-state index in [-0.39, 0.29) is 11.8 Å². The maximum absolute atomic E-state index is 14.3. The normalized spacial score (nSPS) is 18.9. The van der Waals surface area contributed by atoms with E-state index in [1.807, 2.05) is 60.4 Å². The lowest BCUT2D eigenvalue weighted by Crippen LogP contribution is -2.49. The number of methoxy groups -OCH3 is 2. The summed E-state index contributed by atoms with van der Waals surface area (Å²) in [5, 5.41) is 3.09. The summed E-state index contributed by atoms with van der Waals surface area (Å²) in [6.07, 6.45) is 0. The van der Waals surface area contributed by atoms with Gasteiger partial charge >= 0.3 is 0 Å². The first-order valence-electron chi connectivity index (χ1n) is 14.0. The molecular weight excluding hydrogens is 522 g/mol. The minimum absolute atomic E-state index is 0.0844. The van der Waals surface area contributed by atoms with Gasteiger partial charge in [0.25, 0.3) is 5.91 Å². The third kappa shape index (κ3) is 6.16. The predicted molar refractivity (Wildman–Crippen MR) is 156 cm³/mol. The van der Waals surface area contributed by atoms with Crippen molar-refractivity contribution in [2.24, 2.45) is 0 Å². The Bertz CT molecular complexity index is 1360. The number of nitrogens with zero attached hydrogens (tertiary/aromatic N) is 2. The molecule has 2 heterocycles. The van der Waals surface area contributed by atoms with Crippen molar-refractivity contribution in [3.8, 4) is 17.2 Å². The van der Waals surface area contributed by atoms with E-state index in [4.69, 9.17) is 18.9 Å². The number of fused-ring (bicyclic) bond motifs is 1. The fourth-order valence-electron chi connectivity index (χ4n) is 5.61. The number of amides is 2. The zero-order valence-corrected chi connectivity index (χ0v) is 23.8. The Balaban J connectivity index is 1.55. The molecule has 41 heavy (non-hydrogen) atoms. The minimum Gasteiger partial charge on any atom is -0.497 e. The van der Waals surface area contributed by atoms with Gasteiger partial charge in [0.2, 0.25) is 5.91 Å². The van der Waals surface area contributed by atoms with Gasteiger partial charge < -0.3 is 29.2 Å². The number of carbonyl (C=O) groups excluding carboxylic acids is 2. The fourth-order valence-corrected chi connectivity index (χ4v) is 5.61. The van der Waals surface area contributed by atoms with Crippen molar-refractivity contribution in [2.75, 3.05) is 65.5 Å². The zero-order valence-electron chi connectivity index (χ0n) is 23.8. The molecule has 0 radical (unpaired) electrons. The van der Waals surface area contributed by atoms with E-state index in [0.29, 0.717) is 61.2 Å². The molecule has 5 rings (SSSR count). The Labute approximate surface area is 240 Å². The van der Waals surface area contributed by atoms with Crippen LogP contribution in [0.2, 0.25) is 0 Å². The summed E-state index contributed by atoms with van der Waals surface area (Å²) < 4.78 is 22.1. The molecule has 2 aliphatic rings. The van der Waals surface area contributed by atoms with Crippen molar-refractivity contribution in [3.05, 3.63) is 83.4 Å². The zero-order chi connectivity index (χ0) is 28.8. The van der Waals surface area contributed by atoms with Crippen molar-refractivity contribution in [1.82, 2.24) is 9.80 Å². The summed E-state index contributed by atoms with van der Waals surface area (Å²) >= 11 is 0. The smallest absolute Gasteiger partial charge is 0.254 e. The van der Waals surface area contributed by atoms with Gasteiger partial charge in [0.1, 0.15) is 17.2 Å². The van der Waals surface area contributed by atoms with Crippen LogP contribution in [0.3, 0.4) is 0 Å². The van der Waals surface area contributed by atoms with Crippen LogP contribution in [0.5, 0.6) is 17.2 Å². The third-order valence-corrected chi connectivity index (χ3v) is 7.68. The Morgan fingerprint density at radius 3 is 2.39 bits per heavy atom. The number of hydrogen-bond acceptors (Lipinski definition) is 7. The van der Waals surface area contributed by atoms with E-state index in [9.17, 15) is 9.59 Å². The highest BCUT2D eigenvalue weighted by Gasteiger charge is 2.44. The molecule has 0 spiro atoms. The van der Waals surface area contributed by atoms with Crippen molar-refractivity contribution in [1.29, 1.82) is 0 Å². The first-order valence-corrected chi connectivity index (χ1v) is 14.0. The highest BCUT2D eigenvalue weighted by molar-refractivity contribution is 6.04. The van der Waals surface area contributed by atoms with Gasteiger partial charge in [0.15, 0.2) is 0 Å². The highest BCUT2D eigenvalue weighted by Crippen LogP contribution is 2.44. The van der Waals surface area contributed by atoms with Crippen LogP contribution in [-0.2, 0) is 9.53 Å². The first kappa shape index (κ1) is 28.4. The van der Waals surface area contributed by atoms with Crippen LogP contribution in [0.15, 0.2) is 66.7 Å². The monoisotopic (exact) mass is 559 g/mol. The minimum atomic E-state index is -0.668. The summed E-state index contributed by atoms with van der Waals surface area (Å²) in [5.41, 5.74) is 2.63. The van der Waals surface area contributed by atoms with Gasteiger partial charge in [0.05, 0.1) is 51.7 Å². The molecule has 2 amide bonds. The number of nitrogens with one attached hydrogen (secondary N) is 1. The molecule has 1 N–H and O–H groups in total. The van der Waals surface area contributed by atoms with Crippen molar-refractivity contribution < 1.29 is 28.5 Å². The van der Waals surface area contributed by atoms with Crippen LogP contribution >= 0.6 is 0 Å². The van der Waals surface area contributed by atoms with E-state index in [1.165, 1.54) is 0 Å². The topological polar surface area (TPSA) is 89.6 Å². The van der Waals surface area contributed by atoms with Gasteiger partial charge in [-0.3, -0.25) is 14.5 Å². The molecular formula is C32H37N3O6. The molecule has 9 heteroatoms. The predicted octanol–water partition coefficient (Wildman–Crippen LogP) is 4.35. The van der Waals surface area contributed by atoms with Gasteiger partial charge in [0, 0.05) is 37.8 Å². The van der Waals surface area contributed by atoms with Gasteiger partial charge in [-0.05, 0) is 48.4 Å². The number of hydrogen-bond donors (Lipinski definition) is 1. The molecule has 2 aliphatic heterocycles. The van der Waals surface area contributed by atoms with Crippen molar-refractivity contribution >= 4 is 17.5 Å². The van der Waals surface area contributed by atoms with Gasteiger partial charge in [-0.1, -0.05) is 30.3 Å². The lowest BCUT2D eigenvalue weighted by molar-refractivity contribution is -0.119. The number of anilines is 1. The molecule has 0 unspecified atom stereocenters. The second kappa shape index (κ2) is 13.1. The van der Waals surface area contributed by atoms with Gasteiger partial charge in [-0.2, -0.15) is 0 Å². The average molecular weight is 560 g/mol. The Morgan fingerprint density at radius 1 is 0.951 bits per heavy atom. The average Bonchev–Trinajstić information content (AvgIpc) is 3.01. The Kier molecular flexibility index (Phi) is 9.06. The van der Waals surface area contributed by atoms with Crippen LogP contribution in [0.1, 0.15) is 40.4 Å². The summed E-state index contributed by atoms with van der Waals surface area (Å²) in [6, 6.07) is 19.8. The molecule has 0 bridgehead atoms. The molecule has 1 fully saturated rings. The van der Waals surface area contributed by atoms with Crippen LogP contribution in [0, 0.1) is 0 Å². The molecule has 3 aromatic rings. The number of rotatable bonds is 10. The maximum Gasteiger partial charge on any atom is 0.254 e. The second-order valence-corrected chi connectivity index (χ2v) is 10.0. The largest absolute Gasteiger partial charge is 0.497 e. The molecule has 0 aliphatic carbocycles. The van der Waals surface area contributed by atoms with Crippen molar-refractivity contribution in [3.63, 3.8) is 0 Å². The molecule has 9 nitrogen and oxygen atoms in total. The van der Waals surface area contributed by atoms with E-state index >= 15 is 0 Å². The van der Waals surface area contributed by atoms with E-state index in [1.54, 1.807) is 32.4 Å². The standard InChI is InChI=1S/C32H37N3O6/c1-4-41-23-11-9-22(10-12-23)30-29(31(36)33-27-14-13-24(38-2)21-28(27)39-3)25-7-5-6-8-26(25)32(37)35(30)16-15-34-17-19-40-20-18-34/h5-14,21,29-30H,4,15-20H2,1-3H3,(H,33,36)/t29-,30+/m1/s1. The first-order chi connectivity index (χ1) is 20.0. The SMILES string of the molecule is CCOc1ccc([C@H]2[C@H](C(=O)Nc3ccc(OC)cc3OC)c3ccccc3C(=O)N2CCN2CCOCC2)cc1. The van der Waals surface area contributed by atoms with Crippen LogP contribution in [0.25, 0.3) is 0 Å². The van der Waals surface area contributed by atoms with Crippen LogP contribution in [0.4, 0.5) is 5.69 Å². The lowest BCUT2D eigenvalue weighted by Gasteiger charge is -2.43. The van der Waals surface area contributed by atoms with Crippen LogP contribution < -0.4 is 19.5 Å². The summed E-state index contributed by atoms with van der Waals surface area (Å²) in [6.45, 7) is 6.62. The number of morpholine rings is 1. The molecule has 3 aromatic carbocycles. The molecule has 0 saturated carbocycles. The summed E-state index contributed by atoms with van der Waals surface area (Å²) in [4.78, 5) is 32.5. The number of ether oxygens (including phenoxy) is 4. The molecule has 0 aromatic heterocycles. The number of benzene rings is 3. The molecule has 2 atom stereocenters. The van der Waals surface area contributed by atoms with Gasteiger partial charge in [-0.15, -0.1) is 0 Å². The van der Waals surface area contributed by atoms with E-state index < -0.39 is 12.0 Å². The quantitative estimate of drug-likeness (QED) is 0.395. The van der Waals surface area contributed by atoms with Crippen molar-refractivity contribution in [2.45, 2.75) is 18.9 Å². The Morgan fingerprint density at radius 2 is 1.68 bits per heavy atom. The second-order valence-electron chi connectivity index (χ2n) is 10.0. The van der Waals surface area contributed by atoms with E-state index in [2.05, 4.69) is 10.2 Å². The summed E-state index contributed by atoms with van der Waals surface area (Å²) in [7, 11) is 3.13. The fraction of sp³-hybridized carbons (Fsp3) is 0.375. The maximum atomic E-state index is 14.3. The highest BCUT2D eigenvalue weighted by atomic mass is 16.5. The number of carbonyl (C=O) groups is 2. The molecule has 1 saturated heterocycles. The molecule has 216 valence electrons.